The van der Waals surface area contributed by atoms with Crippen LogP contribution in [0, 0.1) is 5.92 Å². The molecule has 2 bridgehead atoms. The maximum Gasteiger partial charge on any atom is 0.251 e. The molecule has 31 heavy (non-hydrogen) atoms. The standard InChI is InChI=1S/C23H28N4O2.2ClH/c28-22(15-26-9-8-16-4-1-2-5-17(16)14-26)25-13-21-19-10-18(11-24-12-19)20-6-3-7-23(29)27(20)21;;/h1-7,18-19,21,24H,8-15H2,(H,25,28);2*1H/t18-,19+,21+;;/m1../s1. The average molecular weight is 465 g/mol. The molecule has 8 heteroatoms. The summed E-state index contributed by atoms with van der Waals surface area (Å²) < 4.78 is 1.94. The first-order valence-corrected chi connectivity index (χ1v) is 10.7. The van der Waals surface area contributed by atoms with E-state index in [1.54, 1.807) is 6.07 Å². The molecule has 6 nitrogen and oxygen atoms in total. The lowest BCUT2D eigenvalue weighted by Crippen LogP contribution is -2.51. The van der Waals surface area contributed by atoms with Crippen LogP contribution in [0.2, 0.25) is 0 Å². The number of carbonyl (C=O) groups is 1. The smallest absolute Gasteiger partial charge is 0.251 e. The molecular weight excluding hydrogens is 435 g/mol. The SMILES string of the molecule is Cl.Cl.O=C(CN1CCc2ccccc2C1)NC[C@H]1[C@@H]2CNC[C@@H](C2)c2cccc(=O)n21. The lowest BCUT2D eigenvalue weighted by molar-refractivity contribution is -0.122. The molecule has 2 aromatic rings. The minimum atomic E-state index is 0. The minimum absolute atomic E-state index is 0. The second-order valence-corrected chi connectivity index (χ2v) is 8.61. The summed E-state index contributed by atoms with van der Waals surface area (Å²) in [5.74, 6) is 0.812. The third-order valence-corrected chi connectivity index (χ3v) is 6.79. The molecule has 0 saturated carbocycles. The third-order valence-electron chi connectivity index (χ3n) is 6.79. The Balaban J connectivity index is 0.00000136. The Labute approximate surface area is 195 Å². The highest BCUT2D eigenvalue weighted by atomic mass is 35.5. The summed E-state index contributed by atoms with van der Waals surface area (Å²) >= 11 is 0. The Hall–Kier alpha value is -1.86. The molecule has 5 rings (SSSR count). The monoisotopic (exact) mass is 464 g/mol. The molecule has 2 N–H and O–H groups in total. The number of benzene rings is 1. The van der Waals surface area contributed by atoms with Crippen LogP contribution < -0.4 is 16.2 Å². The lowest BCUT2D eigenvalue weighted by atomic mass is 9.79. The number of nitrogens with one attached hydrogen (secondary N) is 2. The molecule has 4 heterocycles. The zero-order chi connectivity index (χ0) is 19.8. The van der Waals surface area contributed by atoms with Crippen LogP contribution in [0.25, 0.3) is 0 Å². The van der Waals surface area contributed by atoms with Crippen LogP contribution in [0.4, 0.5) is 0 Å². The van der Waals surface area contributed by atoms with E-state index in [0.29, 0.717) is 24.9 Å². The molecule has 0 radical (unpaired) electrons. The Morgan fingerprint density at radius 3 is 2.71 bits per heavy atom. The summed E-state index contributed by atoms with van der Waals surface area (Å²) in [6.45, 7) is 4.48. The number of rotatable bonds is 4. The van der Waals surface area contributed by atoms with Gasteiger partial charge in [-0.25, -0.2) is 0 Å². The molecule has 3 atom stereocenters. The van der Waals surface area contributed by atoms with Crippen molar-refractivity contribution in [3.05, 3.63) is 69.6 Å². The van der Waals surface area contributed by atoms with Crippen LogP contribution in [0.1, 0.15) is 35.2 Å². The summed E-state index contributed by atoms with van der Waals surface area (Å²) in [5.41, 5.74) is 3.86. The average Bonchev–Trinajstić information content (AvgIpc) is 2.74. The number of pyridine rings is 1. The van der Waals surface area contributed by atoms with E-state index in [1.807, 2.05) is 10.6 Å². The van der Waals surface area contributed by atoms with E-state index in [9.17, 15) is 9.59 Å². The van der Waals surface area contributed by atoms with Crippen molar-refractivity contribution in [2.45, 2.75) is 31.3 Å². The zero-order valence-electron chi connectivity index (χ0n) is 17.5. The Morgan fingerprint density at radius 1 is 1.06 bits per heavy atom. The van der Waals surface area contributed by atoms with Crippen LogP contribution in [0.5, 0.6) is 0 Å². The van der Waals surface area contributed by atoms with Crippen molar-refractivity contribution in [2.24, 2.45) is 5.92 Å². The quantitative estimate of drug-likeness (QED) is 0.726. The van der Waals surface area contributed by atoms with Gasteiger partial charge in [-0.05, 0) is 36.0 Å². The maximum absolute atomic E-state index is 12.7. The van der Waals surface area contributed by atoms with Gasteiger partial charge in [0.05, 0.1) is 12.6 Å². The topological polar surface area (TPSA) is 66.4 Å². The van der Waals surface area contributed by atoms with E-state index in [1.165, 1.54) is 11.1 Å². The molecule has 0 spiro atoms. The van der Waals surface area contributed by atoms with E-state index in [4.69, 9.17) is 0 Å². The molecule has 0 aliphatic carbocycles. The predicted molar refractivity (Wildman–Crippen MR) is 126 cm³/mol. The molecule has 1 aromatic heterocycles. The first-order valence-electron chi connectivity index (χ1n) is 10.7. The van der Waals surface area contributed by atoms with Gasteiger partial charge in [0, 0.05) is 50.4 Å². The number of piperidine rings is 1. The number of amides is 1. The van der Waals surface area contributed by atoms with Gasteiger partial charge in [-0.1, -0.05) is 30.3 Å². The van der Waals surface area contributed by atoms with E-state index in [0.717, 1.165) is 44.7 Å². The van der Waals surface area contributed by atoms with Crippen molar-refractivity contribution in [3.8, 4) is 0 Å². The van der Waals surface area contributed by atoms with Gasteiger partial charge in [0.2, 0.25) is 5.91 Å². The molecular formula is C23H30Cl2N4O2. The fourth-order valence-electron chi connectivity index (χ4n) is 5.33. The van der Waals surface area contributed by atoms with E-state index < -0.39 is 0 Å². The summed E-state index contributed by atoms with van der Waals surface area (Å²) in [5, 5.41) is 6.63. The molecule has 0 unspecified atom stereocenters. The number of carbonyl (C=O) groups excluding carboxylic acids is 1. The van der Waals surface area contributed by atoms with Crippen molar-refractivity contribution in [3.63, 3.8) is 0 Å². The van der Waals surface area contributed by atoms with Crippen molar-refractivity contribution < 1.29 is 4.79 Å². The Morgan fingerprint density at radius 2 is 1.87 bits per heavy atom. The first-order chi connectivity index (χ1) is 14.2. The third kappa shape index (κ3) is 4.82. The second-order valence-electron chi connectivity index (χ2n) is 8.61. The minimum Gasteiger partial charge on any atom is -0.353 e. The van der Waals surface area contributed by atoms with E-state index in [2.05, 4.69) is 45.9 Å². The van der Waals surface area contributed by atoms with Crippen LogP contribution in [-0.2, 0) is 17.8 Å². The Bertz CT molecular complexity index is 980. The van der Waals surface area contributed by atoms with Crippen molar-refractivity contribution in [1.29, 1.82) is 0 Å². The highest BCUT2D eigenvalue weighted by molar-refractivity contribution is 5.85. The number of hydrogen-bond donors (Lipinski definition) is 2. The molecule has 3 aliphatic heterocycles. The van der Waals surface area contributed by atoms with Crippen LogP contribution in [0.15, 0.2) is 47.3 Å². The maximum atomic E-state index is 12.7. The summed E-state index contributed by atoms with van der Waals surface area (Å²) in [6.07, 6.45) is 2.07. The number of halogens is 2. The van der Waals surface area contributed by atoms with Gasteiger partial charge >= 0.3 is 0 Å². The lowest BCUT2D eigenvalue weighted by Gasteiger charge is -2.43. The number of nitrogens with zero attached hydrogens (tertiary/aromatic N) is 2. The summed E-state index contributed by atoms with van der Waals surface area (Å²) in [7, 11) is 0. The van der Waals surface area contributed by atoms with Gasteiger partial charge < -0.3 is 15.2 Å². The van der Waals surface area contributed by atoms with Crippen LogP contribution in [0.3, 0.4) is 0 Å². The van der Waals surface area contributed by atoms with Gasteiger partial charge in [-0.15, -0.1) is 24.8 Å². The molecule has 1 aromatic carbocycles. The van der Waals surface area contributed by atoms with Crippen molar-refractivity contribution in [2.75, 3.05) is 32.7 Å². The van der Waals surface area contributed by atoms with Crippen molar-refractivity contribution in [1.82, 2.24) is 20.1 Å². The van der Waals surface area contributed by atoms with Crippen LogP contribution in [-0.4, -0.2) is 48.1 Å². The van der Waals surface area contributed by atoms with Gasteiger partial charge in [-0.2, -0.15) is 0 Å². The highest BCUT2D eigenvalue weighted by Gasteiger charge is 2.37. The van der Waals surface area contributed by atoms with Gasteiger partial charge in [0.15, 0.2) is 0 Å². The Kier molecular flexibility index (Phi) is 7.81. The van der Waals surface area contributed by atoms with Gasteiger partial charge in [0.25, 0.3) is 5.56 Å². The second kappa shape index (κ2) is 10.2. The van der Waals surface area contributed by atoms with Crippen molar-refractivity contribution >= 4 is 30.7 Å². The number of hydrogen-bond acceptors (Lipinski definition) is 4. The summed E-state index contributed by atoms with van der Waals surface area (Å²) in [4.78, 5) is 27.5. The van der Waals surface area contributed by atoms with E-state index in [-0.39, 0.29) is 42.3 Å². The molecule has 1 fully saturated rings. The van der Waals surface area contributed by atoms with Gasteiger partial charge in [0.1, 0.15) is 0 Å². The number of fused-ring (bicyclic) bond motifs is 5. The molecule has 1 amide bonds. The highest BCUT2D eigenvalue weighted by Crippen LogP contribution is 2.38. The van der Waals surface area contributed by atoms with Gasteiger partial charge in [-0.3, -0.25) is 14.5 Å². The first kappa shape index (κ1) is 23.8. The fourth-order valence-corrected chi connectivity index (χ4v) is 5.33. The van der Waals surface area contributed by atoms with Crippen LogP contribution >= 0.6 is 24.8 Å². The zero-order valence-corrected chi connectivity index (χ0v) is 19.1. The molecule has 168 valence electrons. The largest absolute Gasteiger partial charge is 0.353 e. The normalized spacial score (nSPS) is 24.1. The molecule has 3 aliphatic rings. The predicted octanol–water partition coefficient (Wildman–Crippen LogP) is 2.11. The summed E-state index contributed by atoms with van der Waals surface area (Å²) in [6, 6.07) is 14.0. The molecule has 1 saturated heterocycles. The van der Waals surface area contributed by atoms with E-state index >= 15 is 0 Å². The fraction of sp³-hybridized carbons (Fsp3) is 0.478. The number of aromatic nitrogens is 1.